The molecule has 0 bridgehead atoms. The maximum Gasteiger partial charge on any atom is 0.0637 e. The first-order chi connectivity index (χ1) is 9.67. The highest BCUT2D eigenvalue weighted by Gasteiger charge is 2.30. The molecular formula is C17H28N2O. The minimum Gasteiger partial charge on any atom is -0.394 e. The number of hydrogen-bond donors (Lipinski definition) is 2. The van der Waals surface area contributed by atoms with E-state index in [4.69, 9.17) is 0 Å². The summed E-state index contributed by atoms with van der Waals surface area (Å²) in [5.41, 5.74) is 3.96. The molecule has 0 amide bonds. The smallest absolute Gasteiger partial charge is 0.0637 e. The summed E-state index contributed by atoms with van der Waals surface area (Å²) in [6, 6.07) is 6.98. The van der Waals surface area contributed by atoms with E-state index in [9.17, 15) is 5.11 Å². The zero-order valence-corrected chi connectivity index (χ0v) is 13.0. The van der Waals surface area contributed by atoms with Gasteiger partial charge in [-0.1, -0.05) is 19.9 Å². The van der Waals surface area contributed by atoms with Crippen LogP contribution in [-0.2, 0) is 6.54 Å². The number of aliphatic hydroxyl groups is 1. The summed E-state index contributed by atoms with van der Waals surface area (Å²) in [6.45, 7) is 9.92. The molecule has 2 unspecified atom stereocenters. The van der Waals surface area contributed by atoms with Gasteiger partial charge in [0.05, 0.1) is 12.6 Å². The lowest BCUT2D eigenvalue weighted by Gasteiger charge is -2.28. The number of nitrogens with one attached hydrogen (secondary N) is 1. The first kappa shape index (κ1) is 15.3. The fourth-order valence-electron chi connectivity index (χ4n) is 3.06. The number of benzene rings is 1. The second-order valence-corrected chi connectivity index (χ2v) is 6.00. The number of nitrogens with zero attached hydrogens (tertiary/aromatic N) is 1. The van der Waals surface area contributed by atoms with Gasteiger partial charge in [-0.25, -0.2) is 0 Å². The fraction of sp³-hybridized carbons (Fsp3) is 0.647. The number of hydrogen-bond acceptors (Lipinski definition) is 3. The lowest BCUT2D eigenvalue weighted by Crippen LogP contribution is -2.35. The highest BCUT2D eigenvalue weighted by atomic mass is 16.3. The molecule has 2 rings (SSSR count). The van der Waals surface area contributed by atoms with Crippen LogP contribution in [0.2, 0.25) is 0 Å². The van der Waals surface area contributed by atoms with Crippen LogP contribution in [0.15, 0.2) is 18.2 Å². The summed E-state index contributed by atoms with van der Waals surface area (Å²) in [5.74, 6) is 0.575. The van der Waals surface area contributed by atoms with Crippen LogP contribution in [0.3, 0.4) is 0 Å². The van der Waals surface area contributed by atoms with Gasteiger partial charge in [-0.2, -0.15) is 0 Å². The van der Waals surface area contributed by atoms with Gasteiger partial charge in [0.15, 0.2) is 0 Å². The van der Waals surface area contributed by atoms with Crippen LogP contribution in [0.1, 0.15) is 37.8 Å². The summed E-state index contributed by atoms with van der Waals surface area (Å²) < 4.78 is 0. The lowest BCUT2D eigenvalue weighted by molar-refractivity contribution is 0.245. The normalized spacial score (nSPS) is 22.5. The minimum atomic E-state index is 0.250. The molecule has 3 heteroatoms. The van der Waals surface area contributed by atoms with Crippen LogP contribution >= 0.6 is 0 Å². The third kappa shape index (κ3) is 3.33. The van der Waals surface area contributed by atoms with E-state index in [0.717, 1.165) is 19.6 Å². The molecule has 2 N–H and O–H groups in total. The van der Waals surface area contributed by atoms with E-state index in [-0.39, 0.29) is 12.6 Å². The van der Waals surface area contributed by atoms with Gasteiger partial charge in [-0.05, 0) is 55.5 Å². The topological polar surface area (TPSA) is 35.5 Å². The Morgan fingerprint density at radius 1 is 1.40 bits per heavy atom. The average Bonchev–Trinajstić information content (AvgIpc) is 2.81. The molecule has 0 aliphatic carbocycles. The molecule has 112 valence electrons. The first-order valence-corrected chi connectivity index (χ1v) is 7.85. The molecule has 1 aromatic carbocycles. The largest absolute Gasteiger partial charge is 0.394 e. The second kappa shape index (κ2) is 7.09. The Morgan fingerprint density at radius 3 is 2.85 bits per heavy atom. The fourth-order valence-corrected chi connectivity index (χ4v) is 3.06. The van der Waals surface area contributed by atoms with Crippen molar-refractivity contribution in [2.75, 3.05) is 24.6 Å². The van der Waals surface area contributed by atoms with Crippen molar-refractivity contribution >= 4 is 5.69 Å². The van der Waals surface area contributed by atoms with Gasteiger partial charge < -0.3 is 15.3 Å². The maximum absolute atomic E-state index is 9.58. The summed E-state index contributed by atoms with van der Waals surface area (Å²) in [5, 5.41) is 13.0. The van der Waals surface area contributed by atoms with Crippen LogP contribution < -0.4 is 10.2 Å². The van der Waals surface area contributed by atoms with Crippen molar-refractivity contribution in [2.24, 2.45) is 5.92 Å². The molecule has 0 saturated carbocycles. The summed E-state index contributed by atoms with van der Waals surface area (Å²) >= 11 is 0. The summed E-state index contributed by atoms with van der Waals surface area (Å²) in [7, 11) is 0. The lowest BCUT2D eigenvalue weighted by atomic mass is 10.0. The van der Waals surface area contributed by atoms with Crippen molar-refractivity contribution in [3.63, 3.8) is 0 Å². The Hall–Kier alpha value is -1.06. The van der Waals surface area contributed by atoms with E-state index < -0.39 is 0 Å². The standard InChI is InChI=1S/C17H28N2O/c1-4-8-18-11-15-5-6-16(10-14(15)3)19-9-7-13(2)17(19)12-20/h5-6,10,13,17-18,20H,4,7-9,11-12H2,1-3H3. The van der Waals surface area contributed by atoms with Gasteiger partial charge in [-0.3, -0.25) is 0 Å². The van der Waals surface area contributed by atoms with E-state index in [0.29, 0.717) is 5.92 Å². The number of aliphatic hydroxyl groups excluding tert-OH is 1. The summed E-state index contributed by atoms with van der Waals surface area (Å²) in [4.78, 5) is 2.36. The molecule has 1 heterocycles. The van der Waals surface area contributed by atoms with Gasteiger partial charge in [-0.15, -0.1) is 0 Å². The molecule has 1 aliphatic heterocycles. The summed E-state index contributed by atoms with van der Waals surface area (Å²) in [6.07, 6.45) is 2.34. The van der Waals surface area contributed by atoms with Crippen molar-refractivity contribution in [3.05, 3.63) is 29.3 Å². The highest BCUT2D eigenvalue weighted by molar-refractivity contribution is 5.52. The third-order valence-electron chi connectivity index (χ3n) is 4.47. The molecule has 1 fully saturated rings. The van der Waals surface area contributed by atoms with Gasteiger partial charge in [0, 0.05) is 18.8 Å². The monoisotopic (exact) mass is 276 g/mol. The number of anilines is 1. The molecule has 20 heavy (non-hydrogen) atoms. The third-order valence-corrected chi connectivity index (χ3v) is 4.47. The Kier molecular flexibility index (Phi) is 5.44. The number of aryl methyl sites for hydroxylation is 1. The van der Waals surface area contributed by atoms with Crippen molar-refractivity contribution in [1.82, 2.24) is 5.32 Å². The van der Waals surface area contributed by atoms with E-state index in [1.165, 1.54) is 29.7 Å². The van der Waals surface area contributed by atoms with Gasteiger partial charge in [0.2, 0.25) is 0 Å². The quantitative estimate of drug-likeness (QED) is 0.784. The van der Waals surface area contributed by atoms with E-state index in [1.54, 1.807) is 0 Å². The molecule has 0 spiro atoms. The van der Waals surface area contributed by atoms with Crippen LogP contribution in [0.25, 0.3) is 0 Å². The minimum absolute atomic E-state index is 0.250. The van der Waals surface area contributed by atoms with Gasteiger partial charge >= 0.3 is 0 Å². The van der Waals surface area contributed by atoms with Crippen LogP contribution in [-0.4, -0.2) is 30.8 Å². The van der Waals surface area contributed by atoms with Gasteiger partial charge in [0.1, 0.15) is 0 Å². The molecule has 3 nitrogen and oxygen atoms in total. The number of rotatable bonds is 6. The molecular weight excluding hydrogens is 248 g/mol. The second-order valence-electron chi connectivity index (χ2n) is 6.00. The molecule has 1 saturated heterocycles. The average molecular weight is 276 g/mol. The molecule has 1 aliphatic rings. The molecule has 2 atom stereocenters. The van der Waals surface area contributed by atoms with E-state index in [2.05, 4.69) is 49.2 Å². The van der Waals surface area contributed by atoms with Crippen molar-refractivity contribution in [3.8, 4) is 0 Å². The van der Waals surface area contributed by atoms with E-state index in [1.807, 2.05) is 0 Å². The van der Waals surface area contributed by atoms with E-state index >= 15 is 0 Å². The Labute approximate surface area is 123 Å². The van der Waals surface area contributed by atoms with Crippen molar-refractivity contribution < 1.29 is 5.11 Å². The van der Waals surface area contributed by atoms with Crippen LogP contribution in [0, 0.1) is 12.8 Å². The molecule has 0 radical (unpaired) electrons. The molecule has 1 aromatic rings. The predicted molar refractivity (Wildman–Crippen MR) is 85.2 cm³/mol. The Balaban J connectivity index is 2.08. The van der Waals surface area contributed by atoms with Crippen molar-refractivity contribution in [1.29, 1.82) is 0 Å². The SMILES string of the molecule is CCCNCc1ccc(N2CCC(C)C2CO)cc1C. The van der Waals surface area contributed by atoms with Crippen LogP contribution in [0.5, 0.6) is 0 Å². The zero-order chi connectivity index (χ0) is 14.5. The zero-order valence-electron chi connectivity index (χ0n) is 13.0. The Bertz CT molecular complexity index is 433. The predicted octanol–water partition coefficient (Wildman–Crippen LogP) is 2.70. The molecule has 0 aromatic heterocycles. The first-order valence-electron chi connectivity index (χ1n) is 7.85. The van der Waals surface area contributed by atoms with Gasteiger partial charge in [0.25, 0.3) is 0 Å². The highest BCUT2D eigenvalue weighted by Crippen LogP contribution is 2.30. The maximum atomic E-state index is 9.58. The van der Waals surface area contributed by atoms with Crippen LogP contribution in [0.4, 0.5) is 5.69 Å². The van der Waals surface area contributed by atoms with Crippen molar-refractivity contribution in [2.45, 2.75) is 46.2 Å². The Morgan fingerprint density at radius 2 is 2.20 bits per heavy atom.